The van der Waals surface area contributed by atoms with E-state index in [4.69, 9.17) is 4.74 Å². The molecule has 1 aliphatic rings. The predicted octanol–water partition coefficient (Wildman–Crippen LogP) is 2.12. The Kier molecular flexibility index (Phi) is 6.47. The maximum atomic E-state index is 5.61. The summed E-state index contributed by atoms with van der Waals surface area (Å²) in [4.78, 5) is 4.51. The molecule has 1 aromatic heterocycles. The SMILES string of the molecule is CCOc1ccc2c(c1)SC=C(c1c(C)[nH]c(S)[n+]1-c1ccc(C)cc1)N2.[Br-]. The molecule has 2 aromatic carbocycles. The molecule has 0 bridgehead atoms. The molecule has 28 heavy (non-hydrogen) atoms. The van der Waals surface area contributed by atoms with E-state index in [2.05, 4.69) is 83.2 Å². The Labute approximate surface area is 185 Å². The maximum Gasteiger partial charge on any atom is 0.318 e. The van der Waals surface area contributed by atoms with Gasteiger partial charge in [-0.1, -0.05) is 42.1 Å². The monoisotopic (exact) mass is 475 g/mol. The van der Waals surface area contributed by atoms with Crippen LogP contribution in [-0.2, 0) is 0 Å². The standard InChI is InChI=1S/C21H21N3OS2.BrH/c1-4-25-16-9-10-17-19(11-16)27-12-18(23-17)20-14(3)22-21(26)24(20)15-7-5-13(2)6-8-15;/h5-12,23H,4H2,1-3H3,(H,22,26);1H. The maximum absolute atomic E-state index is 5.61. The van der Waals surface area contributed by atoms with Gasteiger partial charge in [-0.2, -0.15) is 4.57 Å². The Bertz CT molecular complexity index is 1030. The quantitative estimate of drug-likeness (QED) is 0.399. The number of fused-ring (bicyclic) bond motifs is 1. The van der Waals surface area contributed by atoms with Gasteiger partial charge < -0.3 is 27.0 Å². The molecule has 0 spiro atoms. The Balaban J connectivity index is 0.00000225. The number of anilines is 1. The van der Waals surface area contributed by atoms with Gasteiger partial charge in [0.05, 0.1) is 18.0 Å². The normalized spacial score (nSPS) is 12.5. The second kappa shape index (κ2) is 8.68. The number of H-pyrrole nitrogens is 1. The summed E-state index contributed by atoms with van der Waals surface area (Å²) < 4.78 is 7.75. The second-order valence-electron chi connectivity index (χ2n) is 6.46. The molecule has 7 heteroatoms. The molecule has 4 nitrogen and oxygen atoms in total. The van der Waals surface area contributed by atoms with Crippen LogP contribution in [0.3, 0.4) is 0 Å². The van der Waals surface area contributed by atoms with E-state index in [1.165, 1.54) is 5.56 Å². The average Bonchev–Trinajstić information content (AvgIpc) is 2.96. The van der Waals surface area contributed by atoms with Crippen molar-refractivity contribution in [2.75, 3.05) is 11.9 Å². The van der Waals surface area contributed by atoms with Crippen LogP contribution < -0.4 is 31.6 Å². The first-order valence-corrected chi connectivity index (χ1v) is 10.2. The number of halogens is 1. The van der Waals surface area contributed by atoms with Gasteiger partial charge in [-0.25, -0.2) is 4.98 Å². The van der Waals surface area contributed by atoms with Gasteiger partial charge in [-0.05, 0) is 44.2 Å². The number of ether oxygens (including phenoxy) is 1. The van der Waals surface area contributed by atoms with E-state index in [9.17, 15) is 0 Å². The summed E-state index contributed by atoms with van der Waals surface area (Å²) >= 11 is 6.37. The first-order valence-electron chi connectivity index (χ1n) is 8.88. The molecule has 4 rings (SSSR count). The van der Waals surface area contributed by atoms with Crippen molar-refractivity contribution < 1.29 is 26.3 Å². The molecule has 0 amide bonds. The number of imidazole rings is 1. The molecule has 0 atom stereocenters. The number of hydrogen-bond donors (Lipinski definition) is 3. The number of thioether (sulfide) groups is 1. The molecule has 3 aromatic rings. The number of nitrogens with one attached hydrogen (secondary N) is 2. The Morgan fingerprint density at radius 1 is 1.11 bits per heavy atom. The Morgan fingerprint density at radius 2 is 1.86 bits per heavy atom. The number of nitrogens with zero attached hydrogens (tertiary/aromatic N) is 1. The molecular weight excluding hydrogens is 454 g/mol. The Morgan fingerprint density at radius 3 is 2.57 bits per heavy atom. The molecule has 0 fully saturated rings. The highest BCUT2D eigenvalue weighted by atomic mass is 79.9. The van der Waals surface area contributed by atoms with Crippen molar-refractivity contribution in [1.29, 1.82) is 0 Å². The van der Waals surface area contributed by atoms with Crippen LogP contribution in [0.1, 0.15) is 23.9 Å². The fourth-order valence-electron chi connectivity index (χ4n) is 3.20. The summed E-state index contributed by atoms with van der Waals surface area (Å²) in [6.45, 7) is 6.83. The number of aryl methyl sites for hydroxylation is 2. The van der Waals surface area contributed by atoms with Crippen LogP contribution in [0.15, 0.2) is 57.9 Å². The van der Waals surface area contributed by atoms with E-state index >= 15 is 0 Å². The van der Waals surface area contributed by atoms with Gasteiger partial charge >= 0.3 is 5.16 Å². The van der Waals surface area contributed by atoms with Crippen LogP contribution in [0.25, 0.3) is 11.4 Å². The van der Waals surface area contributed by atoms with E-state index in [0.29, 0.717) is 6.61 Å². The minimum atomic E-state index is 0. The summed E-state index contributed by atoms with van der Waals surface area (Å²) in [5.74, 6) is 0.896. The van der Waals surface area contributed by atoms with Crippen molar-refractivity contribution in [1.82, 2.24) is 4.98 Å². The van der Waals surface area contributed by atoms with E-state index < -0.39 is 0 Å². The molecule has 2 N–H and O–H groups in total. The van der Waals surface area contributed by atoms with Crippen molar-refractivity contribution in [2.24, 2.45) is 0 Å². The molecular formula is C21H22BrN3OS2. The van der Waals surface area contributed by atoms with Crippen molar-refractivity contribution in [3.05, 3.63) is 64.8 Å². The topological polar surface area (TPSA) is 40.9 Å². The highest BCUT2D eigenvalue weighted by molar-refractivity contribution is 8.02. The van der Waals surface area contributed by atoms with E-state index in [-0.39, 0.29) is 17.0 Å². The van der Waals surface area contributed by atoms with Crippen LogP contribution in [0, 0.1) is 13.8 Å². The average molecular weight is 476 g/mol. The van der Waals surface area contributed by atoms with Crippen molar-refractivity contribution in [3.8, 4) is 11.4 Å². The molecule has 0 saturated heterocycles. The Hall–Kier alpha value is -1.83. The highest BCUT2D eigenvalue weighted by Gasteiger charge is 2.27. The second-order valence-corrected chi connectivity index (χ2v) is 7.79. The van der Waals surface area contributed by atoms with Crippen LogP contribution in [0.4, 0.5) is 5.69 Å². The molecule has 1 aliphatic heterocycles. The van der Waals surface area contributed by atoms with Crippen LogP contribution in [0.2, 0.25) is 0 Å². The summed E-state index contributed by atoms with van der Waals surface area (Å²) in [5.41, 5.74) is 6.59. The minimum absolute atomic E-state index is 0. The summed E-state index contributed by atoms with van der Waals surface area (Å²) in [7, 11) is 0. The number of aromatic amines is 1. The van der Waals surface area contributed by atoms with Gasteiger partial charge in [-0.15, -0.1) is 0 Å². The zero-order valence-electron chi connectivity index (χ0n) is 15.9. The summed E-state index contributed by atoms with van der Waals surface area (Å²) in [6, 6.07) is 14.6. The van der Waals surface area contributed by atoms with Crippen LogP contribution >= 0.6 is 24.4 Å². The lowest BCUT2D eigenvalue weighted by Crippen LogP contribution is -3.00. The van der Waals surface area contributed by atoms with Crippen molar-refractivity contribution >= 4 is 35.8 Å². The number of hydrogen-bond acceptors (Lipinski definition) is 4. The first-order chi connectivity index (χ1) is 13.1. The molecule has 0 aliphatic carbocycles. The third-order valence-electron chi connectivity index (χ3n) is 4.47. The number of benzene rings is 2. The zero-order valence-corrected chi connectivity index (χ0v) is 19.2. The largest absolute Gasteiger partial charge is 1.00 e. The number of aromatic nitrogens is 2. The van der Waals surface area contributed by atoms with Crippen molar-refractivity contribution in [3.63, 3.8) is 0 Å². The fraction of sp³-hybridized carbons (Fsp3) is 0.190. The molecule has 0 unspecified atom stereocenters. The van der Waals surface area contributed by atoms with Gasteiger partial charge in [0, 0.05) is 17.2 Å². The molecule has 146 valence electrons. The van der Waals surface area contributed by atoms with Gasteiger partial charge in [0.2, 0.25) is 0 Å². The lowest BCUT2D eigenvalue weighted by atomic mass is 10.2. The highest BCUT2D eigenvalue weighted by Crippen LogP contribution is 2.39. The number of rotatable bonds is 4. The third-order valence-corrected chi connectivity index (χ3v) is 5.73. The van der Waals surface area contributed by atoms with Crippen LogP contribution in [0.5, 0.6) is 5.75 Å². The van der Waals surface area contributed by atoms with E-state index in [0.717, 1.165) is 44.3 Å². The number of thiol groups is 1. The van der Waals surface area contributed by atoms with Crippen LogP contribution in [-0.4, -0.2) is 11.6 Å². The molecule has 0 saturated carbocycles. The van der Waals surface area contributed by atoms with Gasteiger partial charge in [-0.3, -0.25) is 0 Å². The van der Waals surface area contributed by atoms with E-state index in [1.807, 2.05) is 13.0 Å². The fourth-order valence-corrected chi connectivity index (χ4v) is 4.42. The van der Waals surface area contributed by atoms with Crippen molar-refractivity contribution in [2.45, 2.75) is 30.8 Å². The molecule has 2 heterocycles. The molecule has 0 radical (unpaired) electrons. The minimum Gasteiger partial charge on any atom is -1.00 e. The van der Waals surface area contributed by atoms with Gasteiger partial charge in [0.15, 0.2) is 5.69 Å². The zero-order chi connectivity index (χ0) is 19.0. The lowest BCUT2D eigenvalue weighted by molar-refractivity contribution is -0.637. The third kappa shape index (κ3) is 3.97. The van der Waals surface area contributed by atoms with E-state index in [1.54, 1.807) is 11.8 Å². The smallest absolute Gasteiger partial charge is 0.318 e. The lowest BCUT2D eigenvalue weighted by Gasteiger charge is -2.19. The van der Waals surface area contributed by atoms with Gasteiger partial charge in [0.1, 0.15) is 17.1 Å². The van der Waals surface area contributed by atoms with Gasteiger partial charge in [0.25, 0.3) is 0 Å². The summed E-state index contributed by atoms with van der Waals surface area (Å²) in [6.07, 6.45) is 0. The predicted molar refractivity (Wildman–Crippen MR) is 114 cm³/mol. The first kappa shape index (κ1) is 20.9. The summed E-state index contributed by atoms with van der Waals surface area (Å²) in [5, 5.41) is 6.52.